The van der Waals surface area contributed by atoms with E-state index < -0.39 is 47.3 Å². The number of carbonyl (C=O) groups is 2. The molecule has 3 aromatic rings. The SMILES string of the molecule is CC(=O)[O-].CC(=O)[O-].CC(C)c1cc(C(F)(F)F)cc(C=Nc2ccccc2N=Cc2cc(C(F)(F)F)cc(C(C)C)c2O)c1O.[Co+2]. The Labute approximate surface area is 277 Å². The molecule has 47 heavy (non-hydrogen) atoms. The number of phenolic OH excluding ortho intramolecular Hbond substituents is 2. The topological polar surface area (TPSA) is 145 Å². The van der Waals surface area contributed by atoms with Gasteiger partial charge in [0.05, 0.1) is 22.5 Å². The first-order chi connectivity index (χ1) is 21.1. The van der Waals surface area contributed by atoms with E-state index >= 15 is 0 Å². The second-order valence-corrected chi connectivity index (χ2v) is 10.3. The number of benzene rings is 3. The normalized spacial score (nSPS) is 11.5. The van der Waals surface area contributed by atoms with Crippen LogP contribution in [-0.4, -0.2) is 34.6 Å². The summed E-state index contributed by atoms with van der Waals surface area (Å²) in [5.74, 6) is -3.63. The van der Waals surface area contributed by atoms with Crippen LogP contribution in [0.4, 0.5) is 37.7 Å². The van der Waals surface area contributed by atoms with Crippen molar-refractivity contribution in [1.29, 1.82) is 0 Å². The fraction of sp³-hybridized carbons (Fsp3) is 0.312. The van der Waals surface area contributed by atoms with E-state index in [1.54, 1.807) is 39.8 Å². The molecule has 0 aliphatic carbocycles. The molecule has 0 aliphatic heterocycles. The summed E-state index contributed by atoms with van der Waals surface area (Å²) in [4.78, 5) is 26.2. The number of carbonyl (C=O) groups excluding carboxylic acids is 2. The van der Waals surface area contributed by atoms with Crippen molar-refractivity contribution in [3.63, 3.8) is 0 Å². The van der Waals surface area contributed by atoms with Crippen molar-refractivity contribution >= 4 is 35.7 Å². The van der Waals surface area contributed by atoms with Crippen LogP contribution >= 0.6 is 0 Å². The van der Waals surface area contributed by atoms with E-state index in [-0.39, 0.29) is 61.9 Å². The number of hydrogen-bond acceptors (Lipinski definition) is 8. The van der Waals surface area contributed by atoms with Gasteiger partial charge in [-0.2, -0.15) is 26.3 Å². The largest absolute Gasteiger partial charge is 2.00 e. The van der Waals surface area contributed by atoms with Gasteiger partial charge in [-0.25, -0.2) is 0 Å². The van der Waals surface area contributed by atoms with Crippen LogP contribution in [0.15, 0.2) is 58.5 Å². The average Bonchev–Trinajstić information content (AvgIpc) is 2.90. The summed E-state index contributed by atoms with van der Waals surface area (Å²) in [5, 5.41) is 38.8. The standard InChI is InChI=1S/C28H26F6N2O2.2C2H4O2.Co/c1-15(2)21-11-19(27(29,30)31)9-17(25(21)37)13-35-23-7-5-6-8-24(23)36-14-18-10-20(28(32,33)34)12-22(16(3)4)26(18)38;2*1-2(3)4;/h5-16,37-38H,1-4H3;2*1H3,(H,3,4);/q;;;+2/p-2. The van der Waals surface area contributed by atoms with Crippen molar-refractivity contribution in [2.24, 2.45) is 9.98 Å². The Balaban J connectivity index is 0.00000211. The molecule has 0 aromatic heterocycles. The van der Waals surface area contributed by atoms with Crippen molar-refractivity contribution < 1.29 is 73.1 Å². The minimum absolute atomic E-state index is 0. The van der Waals surface area contributed by atoms with E-state index in [4.69, 9.17) is 19.8 Å². The molecule has 3 aromatic carbocycles. The maximum atomic E-state index is 13.4. The van der Waals surface area contributed by atoms with E-state index in [1.165, 1.54) is 12.1 Å². The van der Waals surface area contributed by atoms with Crippen molar-refractivity contribution in [1.82, 2.24) is 0 Å². The summed E-state index contributed by atoms with van der Waals surface area (Å²) in [6, 6.07) is 9.54. The number of aliphatic imine (C=N–C) groups is 2. The Bertz CT molecular complexity index is 1460. The van der Waals surface area contributed by atoms with Gasteiger partial charge in [-0.05, 0) is 73.2 Å². The summed E-state index contributed by atoms with van der Waals surface area (Å²) in [6.45, 7) is 8.53. The number of halogens is 6. The van der Waals surface area contributed by atoms with Gasteiger partial charge in [0.25, 0.3) is 0 Å². The summed E-state index contributed by atoms with van der Waals surface area (Å²) in [7, 11) is 0. The van der Waals surface area contributed by atoms with Crippen LogP contribution in [0.25, 0.3) is 0 Å². The van der Waals surface area contributed by atoms with Gasteiger partial charge >= 0.3 is 29.1 Å². The molecule has 0 spiro atoms. The predicted molar refractivity (Wildman–Crippen MR) is 157 cm³/mol. The molecule has 1 radical (unpaired) electrons. The zero-order chi connectivity index (χ0) is 35.6. The Hall–Kier alpha value is -4.37. The number of rotatable bonds is 6. The Morgan fingerprint density at radius 2 is 0.957 bits per heavy atom. The minimum Gasteiger partial charge on any atom is -0.550 e. The quantitative estimate of drug-likeness (QED) is 0.224. The molecule has 0 bridgehead atoms. The Kier molecular flexibility index (Phi) is 16.4. The van der Waals surface area contributed by atoms with E-state index in [1.807, 2.05) is 0 Å². The third kappa shape index (κ3) is 13.9. The molecule has 0 amide bonds. The number of phenols is 2. The third-order valence-electron chi connectivity index (χ3n) is 5.80. The molecule has 0 atom stereocenters. The number of hydrogen-bond donors (Lipinski definition) is 2. The average molecular weight is 714 g/mol. The number of carboxylic acid groups (broad SMARTS) is 2. The summed E-state index contributed by atoms with van der Waals surface area (Å²) in [6.07, 6.45) is -7.12. The summed E-state index contributed by atoms with van der Waals surface area (Å²) < 4.78 is 80.5. The fourth-order valence-electron chi connectivity index (χ4n) is 3.73. The van der Waals surface area contributed by atoms with Crippen LogP contribution in [0, 0.1) is 0 Å². The first kappa shape index (κ1) is 42.6. The number of alkyl halides is 6. The van der Waals surface area contributed by atoms with Crippen LogP contribution in [0.2, 0.25) is 0 Å². The second-order valence-electron chi connectivity index (χ2n) is 10.3. The predicted octanol–water partition coefficient (Wildman–Crippen LogP) is 6.39. The van der Waals surface area contributed by atoms with Crippen molar-refractivity contribution in [2.45, 2.75) is 65.7 Å². The van der Waals surface area contributed by atoms with Gasteiger partial charge in [0.2, 0.25) is 0 Å². The number of para-hydroxylation sites is 2. The van der Waals surface area contributed by atoms with Crippen LogP contribution in [0.5, 0.6) is 11.5 Å². The van der Waals surface area contributed by atoms with Gasteiger partial charge in [-0.3, -0.25) is 9.98 Å². The molecule has 15 heteroatoms. The summed E-state index contributed by atoms with van der Waals surface area (Å²) in [5.41, 5.74) is -1.61. The molecular weight excluding hydrogens is 681 g/mol. The van der Waals surface area contributed by atoms with Gasteiger partial charge in [0.1, 0.15) is 11.5 Å². The molecule has 0 heterocycles. The zero-order valence-corrected chi connectivity index (χ0v) is 27.0. The summed E-state index contributed by atoms with van der Waals surface area (Å²) >= 11 is 0. The molecule has 2 N–H and O–H groups in total. The molecular formula is C32H32CoF6N2O6. The first-order valence-electron chi connectivity index (χ1n) is 13.5. The third-order valence-corrected chi connectivity index (χ3v) is 5.80. The van der Waals surface area contributed by atoms with Gasteiger partial charge < -0.3 is 30.0 Å². The van der Waals surface area contributed by atoms with Crippen molar-refractivity contribution in [2.75, 3.05) is 0 Å². The van der Waals surface area contributed by atoms with Gasteiger partial charge in [0, 0.05) is 35.5 Å². The monoisotopic (exact) mass is 713 g/mol. The van der Waals surface area contributed by atoms with Crippen molar-refractivity contribution in [3.8, 4) is 11.5 Å². The molecule has 0 saturated carbocycles. The van der Waals surface area contributed by atoms with Crippen LogP contribution < -0.4 is 10.2 Å². The van der Waals surface area contributed by atoms with E-state index in [9.17, 15) is 36.6 Å². The van der Waals surface area contributed by atoms with E-state index in [2.05, 4.69) is 9.98 Å². The molecule has 3 rings (SSSR count). The molecule has 257 valence electrons. The number of aromatic hydroxyl groups is 2. The van der Waals surface area contributed by atoms with Gasteiger partial charge in [-0.1, -0.05) is 39.8 Å². The second kappa shape index (κ2) is 18.1. The number of aliphatic carboxylic acids is 2. The zero-order valence-electron chi connectivity index (χ0n) is 26.0. The molecule has 0 aliphatic rings. The Morgan fingerprint density at radius 3 is 1.19 bits per heavy atom. The van der Waals surface area contributed by atoms with Crippen molar-refractivity contribution in [3.05, 3.63) is 81.9 Å². The molecule has 0 fully saturated rings. The molecule has 8 nitrogen and oxygen atoms in total. The van der Waals surface area contributed by atoms with Crippen LogP contribution in [-0.2, 0) is 38.7 Å². The Morgan fingerprint density at radius 1 is 0.681 bits per heavy atom. The maximum absolute atomic E-state index is 13.4. The van der Waals surface area contributed by atoms with E-state index in [0.717, 1.165) is 50.5 Å². The van der Waals surface area contributed by atoms with Gasteiger partial charge in [0.15, 0.2) is 0 Å². The maximum Gasteiger partial charge on any atom is 2.00 e. The fourth-order valence-corrected chi connectivity index (χ4v) is 3.73. The van der Waals surface area contributed by atoms with Gasteiger partial charge in [-0.15, -0.1) is 0 Å². The first-order valence-corrected chi connectivity index (χ1v) is 13.5. The number of carboxylic acids is 2. The smallest absolute Gasteiger partial charge is 0.550 e. The van der Waals surface area contributed by atoms with Crippen LogP contribution in [0.3, 0.4) is 0 Å². The minimum atomic E-state index is -4.63. The van der Waals surface area contributed by atoms with Crippen LogP contribution in [0.1, 0.15) is 86.8 Å². The van der Waals surface area contributed by atoms with E-state index in [0.29, 0.717) is 0 Å². The molecule has 0 saturated heterocycles. The number of nitrogens with zero attached hydrogens (tertiary/aromatic N) is 2. The molecule has 0 unspecified atom stereocenters.